The van der Waals surface area contributed by atoms with E-state index in [0.29, 0.717) is 30.9 Å². The van der Waals surface area contributed by atoms with Crippen LogP contribution in [0.4, 0.5) is 0 Å². The van der Waals surface area contributed by atoms with E-state index in [1.807, 2.05) is 4.90 Å². The SMILES string of the molecule is COC1CCC(CC(=O)N2CCC(C)C(O)C2)CC1. The van der Waals surface area contributed by atoms with Crippen LogP contribution >= 0.6 is 0 Å². The fraction of sp³-hybridized carbons (Fsp3) is 0.933. The topological polar surface area (TPSA) is 49.8 Å². The summed E-state index contributed by atoms with van der Waals surface area (Å²) in [6, 6.07) is 0. The van der Waals surface area contributed by atoms with E-state index in [1.54, 1.807) is 7.11 Å². The molecule has 1 saturated carbocycles. The molecule has 1 N–H and O–H groups in total. The molecule has 0 spiro atoms. The molecule has 4 nitrogen and oxygen atoms in total. The standard InChI is InChI=1S/C15H27NO3/c1-11-7-8-16(10-14(11)17)15(18)9-12-3-5-13(19-2)6-4-12/h11-14,17H,3-10H2,1-2H3. The lowest BCUT2D eigenvalue weighted by atomic mass is 9.84. The van der Waals surface area contributed by atoms with E-state index >= 15 is 0 Å². The maximum absolute atomic E-state index is 12.3. The number of piperidine rings is 1. The summed E-state index contributed by atoms with van der Waals surface area (Å²) in [5, 5.41) is 9.86. The molecule has 19 heavy (non-hydrogen) atoms. The second kappa shape index (κ2) is 6.71. The maximum Gasteiger partial charge on any atom is 0.222 e. The van der Waals surface area contributed by atoms with Gasteiger partial charge < -0.3 is 14.7 Å². The van der Waals surface area contributed by atoms with Crippen molar-refractivity contribution in [2.24, 2.45) is 11.8 Å². The van der Waals surface area contributed by atoms with Crippen LogP contribution in [-0.4, -0.2) is 48.3 Å². The quantitative estimate of drug-likeness (QED) is 0.850. The number of amides is 1. The Hall–Kier alpha value is -0.610. The zero-order valence-electron chi connectivity index (χ0n) is 12.2. The van der Waals surface area contributed by atoms with Gasteiger partial charge in [-0.05, 0) is 43.9 Å². The number of carbonyl (C=O) groups excluding carboxylic acids is 1. The molecule has 1 saturated heterocycles. The number of ether oxygens (including phenoxy) is 1. The van der Waals surface area contributed by atoms with Gasteiger partial charge in [-0.3, -0.25) is 4.79 Å². The Kier molecular flexibility index (Phi) is 5.22. The largest absolute Gasteiger partial charge is 0.391 e. The van der Waals surface area contributed by atoms with Gasteiger partial charge in [-0.25, -0.2) is 0 Å². The number of rotatable bonds is 3. The smallest absolute Gasteiger partial charge is 0.222 e. The minimum atomic E-state index is -0.345. The number of β-amino-alcohol motifs (C(OH)–C–C–N with tert-alkyl or cyclic N) is 1. The van der Waals surface area contributed by atoms with Gasteiger partial charge >= 0.3 is 0 Å². The maximum atomic E-state index is 12.3. The molecule has 2 unspecified atom stereocenters. The number of carbonyl (C=O) groups is 1. The number of aliphatic hydroxyl groups is 1. The molecular weight excluding hydrogens is 242 g/mol. The summed E-state index contributed by atoms with van der Waals surface area (Å²) in [6.45, 7) is 3.39. The van der Waals surface area contributed by atoms with Crippen LogP contribution in [0.15, 0.2) is 0 Å². The van der Waals surface area contributed by atoms with E-state index in [9.17, 15) is 9.90 Å². The lowest BCUT2D eigenvalue weighted by Crippen LogP contribution is -2.46. The highest BCUT2D eigenvalue weighted by molar-refractivity contribution is 5.76. The predicted octanol–water partition coefficient (Wildman–Crippen LogP) is 1.81. The molecule has 0 aromatic carbocycles. The van der Waals surface area contributed by atoms with Crippen molar-refractivity contribution >= 4 is 5.91 Å². The Labute approximate surface area is 116 Å². The summed E-state index contributed by atoms with van der Waals surface area (Å²) in [7, 11) is 1.77. The van der Waals surface area contributed by atoms with E-state index in [1.165, 1.54) is 0 Å². The number of hydrogen-bond acceptors (Lipinski definition) is 3. The van der Waals surface area contributed by atoms with Gasteiger partial charge in [0.05, 0.1) is 12.2 Å². The average Bonchev–Trinajstić information content (AvgIpc) is 2.42. The third-order valence-electron chi connectivity index (χ3n) is 4.86. The average molecular weight is 269 g/mol. The molecule has 110 valence electrons. The Balaban J connectivity index is 1.75. The molecule has 0 bridgehead atoms. The van der Waals surface area contributed by atoms with Crippen LogP contribution in [0, 0.1) is 11.8 Å². The Morgan fingerprint density at radius 1 is 1.26 bits per heavy atom. The first-order valence-corrected chi connectivity index (χ1v) is 7.58. The Morgan fingerprint density at radius 3 is 2.53 bits per heavy atom. The fourth-order valence-electron chi connectivity index (χ4n) is 3.22. The number of likely N-dealkylation sites (tertiary alicyclic amines) is 1. The van der Waals surface area contributed by atoms with Crippen molar-refractivity contribution in [1.29, 1.82) is 0 Å². The minimum Gasteiger partial charge on any atom is -0.391 e. The molecule has 1 heterocycles. The molecule has 0 aromatic heterocycles. The molecule has 2 atom stereocenters. The van der Waals surface area contributed by atoms with Crippen LogP contribution in [0.5, 0.6) is 0 Å². The van der Waals surface area contributed by atoms with Gasteiger partial charge in [-0.15, -0.1) is 0 Å². The van der Waals surface area contributed by atoms with E-state index < -0.39 is 0 Å². The highest BCUT2D eigenvalue weighted by Crippen LogP contribution is 2.29. The molecule has 1 amide bonds. The molecule has 2 aliphatic rings. The van der Waals surface area contributed by atoms with Crippen LogP contribution in [-0.2, 0) is 9.53 Å². The van der Waals surface area contributed by atoms with Gasteiger partial charge in [0.25, 0.3) is 0 Å². The predicted molar refractivity (Wildman–Crippen MR) is 73.7 cm³/mol. The molecule has 1 aliphatic carbocycles. The van der Waals surface area contributed by atoms with E-state index in [-0.39, 0.29) is 12.0 Å². The van der Waals surface area contributed by atoms with E-state index in [0.717, 1.165) is 38.6 Å². The van der Waals surface area contributed by atoms with Crippen LogP contribution in [0.25, 0.3) is 0 Å². The zero-order chi connectivity index (χ0) is 13.8. The van der Waals surface area contributed by atoms with Crippen LogP contribution in [0.2, 0.25) is 0 Å². The van der Waals surface area contributed by atoms with Gasteiger partial charge in [-0.2, -0.15) is 0 Å². The van der Waals surface area contributed by atoms with Crippen molar-refractivity contribution in [1.82, 2.24) is 4.90 Å². The normalized spacial score (nSPS) is 36.3. The first kappa shape index (κ1) is 14.8. The summed E-state index contributed by atoms with van der Waals surface area (Å²) in [4.78, 5) is 14.1. The molecule has 0 radical (unpaired) electrons. The van der Waals surface area contributed by atoms with Gasteiger partial charge in [0, 0.05) is 26.6 Å². The van der Waals surface area contributed by atoms with Gasteiger partial charge in [0.1, 0.15) is 0 Å². The second-order valence-corrected chi connectivity index (χ2v) is 6.26. The highest BCUT2D eigenvalue weighted by Gasteiger charge is 2.29. The number of hydrogen-bond donors (Lipinski definition) is 1. The van der Waals surface area contributed by atoms with Gasteiger partial charge in [-0.1, -0.05) is 6.92 Å². The monoisotopic (exact) mass is 269 g/mol. The number of nitrogens with zero attached hydrogens (tertiary/aromatic N) is 1. The lowest BCUT2D eigenvalue weighted by Gasteiger charge is -2.35. The molecular formula is C15H27NO3. The second-order valence-electron chi connectivity index (χ2n) is 6.26. The van der Waals surface area contributed by atoms with Crippen molar-refractivity contribution < 1.29 is 14.6 Å². The van der Waals surface area contributed by atoms with Gasteiger partial charge in [0.2, 0.25) is 5.91 Å². The molecule has 0 aromatic rings. The highest BCUT2D eigenvalue weighted by atomic mass is 16.5. The van der Waals surface area contributed by atoms with Crippen molar-refractivity contribution in [2.75, 3.05) is 20.2 Å². The molecule has 2 rings (SSSR count). The minimum absolute atomic E-state index is 0.229. The van der Waals surface area contributed by atoms with Crippen LogP contribution in [0.1, 0.15) is 45.4 Å². The van der Waals surface area contributed by atoms with Crippen molar-refractivity contribution in [3.8, 4) is 0 Å². The van der Waals surface area contributed by atoms with Crippen molar-refractivity contribution in [2.45, 2.75) is 57.7 Å². The third-order valence-corrected chi connectivity index (χ3v) is 4.86. The van der Waals surface area contributed by atoms with Crippen LogP contribution in [0.3, 0.4) is 0 Å². The molecule has 4 heteroatoms. The fourth-order valence-corrected chi connectivity index (χ4v) is 3.22. The summed E-state index contributed by atoms with van der Waals surface area (Å²) in [5.74, 6) is 1.06. The van der Waals surface area contributed by atoms with Crippen molar-refractivity contribution in [3.05, 3.63) is 0 Å². The van der Waals surface area contributed by atoms with Crippen LogP contribution < -0.4 is 0 Å². The zero-order valence-corrected chi connectivity index (χ0v) is 12.2. The van der Waals surface area contributed by atoms with Crippen molar-refractivity contribution in [3.63, 3.8) is 0 Å². The Bertz CT molecular complexity index is 300. The summed E-state index contributed by atoms with van der Waals surface area (Å²) in [6.07, 6.45) is 5.96. The number of aliphatic hydroxyl groups excluding tert-OH is 1. The van der Waals surface area contributed by atoms with E-state index in [2.05, 4.69) is 6.92 Å². The molecule has 2 fully saturated rings. The summed E-state index contributed by atoms with van der Waals surface area (Å²) < 4.78 is 5.36. The lowest BCUT2D eigenvalue weighted by molar-refractivity contribution is -0.136. The molecule has 1 aliphatic heterocycles. The third kappa shape index (κ3) is 3.93. The number of methoxy groups -OCH3 is 1. The van der Waals surface area contributed by atoms with Gasteiger partial charge in [0.15, 0.2) is 0 Å². The summed E-state index contributed by atoms with van der Waals surface area (Å²) >= 11 is 0. The van der Waals surface area contributed by atoms with E-state index in [4.69, 9.17) is 4.74 Å². The summed E-state index contributed by atoms with van der Waals surface area (Å²) in [5.41, 5.74) is 0. The first-order chi connectivity index (χ1) is 9.10. The first-order valence-electron chi connectivity index (χ1n) is 7.58. The Morgan fingerprint density at radius 2 is 1.95 bits per heavy atom.